The Hall–Kier alpha value is -1.69. The lowest BCUT2D eigenvalue weighted by atomic mass is 10.0. The Labute approximate surface area is 124 Å². The minimum absolute atomic E-state index is 0.130. The molecule has 2 aliphatic rings. The van der Waals surface area contributed by atoms with Gasteiger partial charge in [-0.15, -0.1) is 0 Å². The molecule has 0 unspecified atom stereocenters. The first kappa shape index (κ1) is 15.7. The summed E-state index contributed by atoms with van der Waals surface area (Å²) >= 11 is 0. The number of hydrogen-bond acceptors (Lipinski definition) is 5. The quantitative estimate of drug-likeness (QED) is 0.751. The van der Waals surface area contributed by atoms with E-state index in [-0.39, 0.29) is 24.8 Å². The van der Waals surface area contributed by atoms with E-state index in [9.17, 15) is 9.59 Å². The Morgan fingerprint density at radius 3 is 3.00 bits per heavy atom. The van der Waals surface area contributed by atoms with Crippen molar-refractivity contribution in [3.8, 4) is 0 Å². The third kappa shape index (κ3) is 4.14. The van der Waals surface area contributed by atoms with Crippen LogP contribution in [-0.2, 0) is 19.1 Å². The van der Waals surface area contributed by atoms with Crippen LogP contribution in [0.5, 0.6) is 0 Å². The number of nitrogens with two attached hydrogens (primary N) is 1. The topological polar surface area (TPSA) is 91.0 Å². The summed E-state index contributed by atoms with van der Waals surface area (Å²) in [6.45, 7) is 2.19. The first-order chi connectivity index (χ1) is 10.1. The van der Waals surface area contributed by atoms with Crippen molar-refractivity contribution in [2.24, 2.45) is 10.7 Å². The Morgan fingerprint density at radius 1 is 1.48 bits per heavy atom. The van der Waals surface area contributed by atoms with E-state index in [0.29, 0.717) is 24.1 Å². The fourth-order valence-electron chi connectivity index (χ4n) is 2.60. The van der Waals surface area contributed by atoms with E-state index in [1.165, 1.54) is 0 Å². The standard InChI is InChI=1S/C15H22N2O4/c1-2-4-13(18)20-9-10-6-7-12(21-10)14-11(15(16)19)5-3-8-17-14/h8,10,12H,2-7,9H2,1H3,(H2,16,19)/t10-,12-/m1/s1. The summed E-state index contributed by atoms with van der Waals surface area (Å²) in [5.74, 6) is -0.624. The third-order valence-electron chi connectivity index (χ3n) is 3.66. The van der Waals surface area contributed by atoms with Crippen LogP contribution < -0.4 is 5.73 Å². The fourth-order valence-corrected chi connectivity index (χ4v) is 2.60. The van der Waals surface area contributed by atoms with Crippen LogP contribution in [0, 0.1) is 0 Å². The maximum absolute atomic E-state index is 11.5. The normalized spacial score (nSPS) is 25.2. The van der Waals surface area contributed by atoms with Crippen molar-refractivity contribution in [3.05, 3.63) is 11.3 Å². The van der Waals surface area contributed by atoms with Crippen LogP contribution in [0.15, 0.2) is 16.3 Å². The molecule has 116 valence electrons. The van der Waals surface area contributed by atoms with Gasteiger partial charge in [0.15, 0.2) is 0 Å². The maximum Gasteiger partial charge on any atom is 0.305 e. The number of nitrogens with zero attached hydrogens (tertiary/aromatic N) is 1. The molecule has 0 spiro atoms. The molecule has 2 aliphatic heterocycles. The molecular formula is C15H22N2O4. The van der Waals surface area contributed by atoms with Gasteiger partial charge in [0.2, 0.25) is 5.91 Å². The summed E-state index contributed by atoms with van der Waals surface area (Å²) < 4.78 is 11.0. The largest absolute Gasteiger partial charge is 0.463 e. The van der Waals surface area contributed by atoms with Crippen LogP contribution in [-0.4, -0.2) is 36.9 Å². The summed E-state index contributed by atoms with van der Waals surface area (Å²) in [5.41, 5.74) is 6.61. The molecule has 2 heterocycles. The first-order valence-electron chi connectivity index (χ1n) is 7.48. The SMILES string of the molecule is CCCC(=O)OC[C@H]1CC[C@H](C2=C(C(N)=O)CCC=N2)O1. The Bertz CT molecular complexity index is 470. The molecule has 2 rings (SSSR count). The van der Waals surface area contributed by atoms with Crippen LogP contribution in [0.25, 0.3) is 0 Å². The second kappa shape index (κ2) is 7.36. The molecule has 0 aliphatic carbocycles. The highest BCUT2D eigenvalue weighted by Gasteiger charge is 2.32. The van der Waals surface area contributed by atoms with E-state index >= 15 is 0 Å². The van der Waals surface area contributed by atoms with Crippen molar-refractivity contribution in [1.29, 1.82) is 0 Å². The number of hydrogen-bond donors (Lipinski definition) is 1. The van der Waals surface area contributed by atoms with Gasteiger partial charge in [0.1, 0.15) is 12.7 Å². The van der Waals surface area contributed by atoms with Gasteiger partial charge in [-0.05, 0) is 32.1 Å². The molecule has 0 aromatic rings. The molecule has 0 aromatic heterocycles. The predicted octanol–water partition coefficient (Wildman–Crippen LogP) is 1.48. The molecule has 2 atom stereocenters. The van der Waals surface area contributed by atoms with E-state index in [0.717, 1.165) is 25.7 Å². The van der Waals surface area contributed by atoms with Crippen LogP contribution in [0.4, 0.5) is 0 Å². The van der Waals surface area contributed by atoms with E-state index in [1.54, 1.807) is 6.21 Å². The molecule has 6 heteroatoms. The van der Waals surface area contributed by atoms with Gasteiger partial charge in [-0.3, -0.25) is 14.6 Å². The van der Waals surface area contributed by atoms with Crippen molar-refractivity contribution in [2.75, 3.05) is 6.61 Å². The smallest absolute Gasteiger partial charge is 0.305 e. The molecule has 1 amide bonds. The van der Waals surface area contributed by atoms with E-state index in [1.807, 2.05) is 6.92 Å². The third-order valence-corrected chi connectivity index (χ3v) is 3.66. The number of aliphatic imine (C=N–C) groups is 1. The highest BCUT2D eigenvalue weighted by atomic mass is 16.6. The summed E-state index contributed by atoms with van der Waals surface area (Å²) in [4.78, 5) is 27.1. The van der Waals surface area contributed by atoms with Gasteiger partial charge in [-0.2, -0.15) is 0 Å². The fraction of sp³-hybridized carbons (Fsp3) is 0.667. The molecule has 0 aromatic carbocycles. The molecule has 1 fully saturated rings. The van der Waals surface area contributed by atoms with E-state index in [2.05, 4.69) is 4.99 Å². The van der Waals surface area contributed by atoms with Gasteiger partial charge in [0, 0.05) is 18.2 Å². The summed E-state index contributed by atoms with van der Waals surface area (Å²) in [6, 6.07) is 0. The second-order valence-corrected chi connectivity index (χ2v) is 5.34. The van der Waals surface area contributed by atoms with Crippen molar-refractivity contribution in [2.45, 2.75) is 57.7 Å². The molecule has 2 N–H and O–H groups in total. The molecule has 6 nitrogen and oxygen atoms in total. The first-order valence-corrected chi connectivity index (χ1v) is 7.48. The number of carbonyl (C=O) groups excluding carboxylic acids is 2. The van der Waals surface area contributed by atoms with Crippen molar-refractivity contribution in [3.63, 3.8) is 0 Å². The lowest BCUT2D eigenvalue weighted by Gasteiger charge is -2.19. The Balaban J connectivity index is 1.91. The average Bonchev–Trinajstić information content (AvgIpc) is 2.94. The van der Waals surface area contributed by atoms with Crippen molar-refractivity contribution >= 4 is 18.1 Å². The van der Waals surface area contributed by atoms with Gasteiger partial charge in [0.25, 0.3) is 0 Å². The van der Waals surface area contributed by atoms with Gasteiger partial charge >= 0.3 is 5.97 Å². The summed E-state index contributed by atoms with van der Waals surface area (Å²) in [7, 11) is 0. The number of carbonyl (C=O) groups is 2. The highest BCUT2D eigenvalue weighted by molar-refractivity contribution is 5.94. The lowest BCUT2D eigenvalue weighted by Crippen LogP contribution is -2.24. The van der Waals surface area contributed by atoms with Crippen LogP contribution >= 0.6 is 0 Å². The molecule has 0 saturated carbocycles. The Kier molecular flexibility index (Phi) is 5.50. The second-order valence-electron chi connectivity index (χ2n) is 5.34. The summed E-state index contributed by atoms with van der Waals surface area (Å²) in [6.07, 6.45) is 5.53. The average molecular weight is 294 g/mol. The van der Waals surface area contributed by atoms with Gasteiger partial charge in [-0.1, -0.05) is 6.92 Å². The van der Waals surface area contributed by atoms with Gasteiger partial charge in [-0.25, -0.2) is 0 Å². The molecule has 0 radical (unpaired) electrons. The molecular weight excluding hydrogens is 272 g/mol. The van der Waals surface area contributed by atoms with Gasteiger partial charge in [0.05, 0.1) is 11.8 Å². The Morgan fingerprint density at radius 2 is 2.29 bits per heavy atom. The lowest BCUT2D eigenvalue weighted by molar-refractivity contribution is -0.147. The predicted molar refractivity (Wildman–Crippen MR) is 77.7 cm³/mol. The zero-order chi connectivity index (χ0) is 15.2. The van der Waals surface area contributed by atoms with E-state index in [4.69, 9.17) is 15.2 Å². The zero-order valence-corrected chi connectivity index (χ0v) is 12.3. The number of primary amides is 1. The zero-order valence-electron chi connectivity index (χ0n) is 12.3. The number of rotatable bonds is 6. The highest BCUT2D eigenvalue weighted by Crippen LogP contribution is 2.30. The van der Waals surface area contributed by atoms with Crippen molar-refractivity contribution in [1.82, 2.24) is 0 Å². The molecule has 21 heavy (non-hydrogen) atoms. The van der Waals surface area contributed by atoms with Crippen molar-refractivity contribution < 1.29 is 19.1 Å². The van der Waals surface area contributed by atoms with Crippen LogP contribution in [0.3, 0.4) is 0 Å². The number of esters is 1. The van der Waals surface area contributed by atoms with Gasteiger partial charge < -0.3 is 15.2 Å². The molecule has 1 saturated heterocycles. The minimum Gasteiger partial charge on any atom is -0.463 e. The monoisotopic (exact) mass is 294 g/mol. The minimum atomic E-state index is -0.428. The number of ether oxygens (including phenoxy) is 2. The molecule has 0 bridgehead atoms. The maximum atomic E-state index is 11.5. The van der Waals surface area contributed by atoms with E-state index < -0.39 is 5.91 Å². The van der Waals surface area contributed by atoms with Crippen LogP contribution in [0.2, 0.25) is 0 Å². The summed E-state index contributed by atoms with van der Waals surface area (Å²) in [5, 5.41) is 0. The van der Waals surface area contributed by atoms with Crippen LogP contribution in [0.1, 0.15) is 45.4 Å². The number of amides is 1.